The lowest BCUT2D eigenvalue weighted by Gasteiger charge is -2.30. The molecule has 0 bridgehead atoms. The maximum absolute atomic E-state index is 12.9. The van der Waals surface area contributed by atoms with Crippen LogP contribution in [0.25, 0.3) is 0 Å². The third kappa shape index (κ3) is 3.63. The van der Waals surface area contributed by atoms with Gasteiger partial charge in [0, 0.05) is 12.0 Å². The molecule has 0 spiro atoms. The van der Waals surface area contributed by atoms with Gasteiger partial charge in [0.05, 0.1) is 11.7 Å². The summed E-state index contributed by atoms with van der Waals surface area (Å²) in [6.45, 7) is 4.60. The van der Waals surface area contributed by atoms with Gasteiger partial charge in [0.25, 0.3) is 5.91 Å². The molecular weight excluding hydrogens is 338 g/mol. The number of carbonyl (C=O) groups excluding carboxylic acids is 1. The van der Waals surface area contributed by atoms with Crippen LogP contribution < -0.4 is 10.6 Å². The van der Waals surface area contributed by atoms with Crippen molar-refractivity contribution in [1.82, 2.24) is 25.6 Å². The Morgan fingerprint density at radius 2 is 1.93 bits per heavy atom. The molecule has 1 aromatic heterocycles. The lowest BCUT2D eigenvalue weighted by Crippen LogP contribution is -2.39. The molecule has 1 saturated heterocycles. The first kappa shape index (κ1) is 18.2. The van der Waals surface area contributed by atoms with E-state index in [0.29, 0.717) is 18.3 Å². The van der Waals surface area contributed by atoms with E-state index in [9.17, 15) is 4.79 Å². The first-order valence-corrected chi connectivity index (χ1v) is 10.2. The smallest absolute Gasteiger partial charge is 0.273 e. The maximum atomic E-state index is 12.9. The number of aromatic nitrogens is 3. The number of amides is 1. The van der Waals surface area contributed by atoms with Gasteiger partial charge in [0.2, 0.25) is 0 Å². The normalized spacial score (nSPS) is 19.9. The maximum Gasteiger partial charge on any atom is 0.273 e. The van der Waals surface area contributed by atoms with Crippen LogP contribution in [0.3, 0.4) is 0 Å². The van der Waals surface area contributed by atoms with E-state index in [2.05, 4.69) is 45.2 Å². The van der Waals surface area contributed by atoms with E-state index in [-0.39, 0.29) is 11.3 Å². The van der Waals surface area contributed by atoms with Crippen LogP contribution in [0.1, 0.15) is 66.3 Å². The standard InChI is InChI=1S/C21H29N5O/c1-16-19(24-25-26(16)18-9-13-22-14-10-18)20(27)23-15-21(11-5-6-12-21)17-7-3-2-4-8-17/h2-4,7-8,18,22H,5-6,9-15H2,1H3,(H,23,27). The van der Waals surface area contributed by atoms with Gasteiger partial charge < -0.3 is 10.6 Å². The Kier molecular flexibility index (Phi) is 5.25. The van der Waals surface area contributed by atoms with Crippen LogP contribution >= 0.6 is 0 Å². The van der Waals surface area contributed by atoms with Crippen LogP contribution in [-0.4, -0.2) is 40.5 Å². The molecule has 2 aliphatic rings. The zero-order valence-electron chi connectivity index (χ0n) is 16.1. The summed E-state index contributed by atoms with van der Waals surface area (Å²) in [6.07, 6.45) is 6.74. The second-order valence-corrected chi connectivity index (χ2v) is 7.99. The summed E-state index contributed by atoms with van der Waals surface area (Å²) in [6, 6.07) is 10.9. The fourth-order valence-corrected chi connectivity index (χ4v) is 4.69. The average Bonchev–Trinajstić information content (AvgIpc) is 3.35. The highest BCUT2D eigenvalue weighted by molar-refractivity contribution is 5.93. The van der Waals surface area contributed by atoms with Crippen molar-refractivity contribution < 1.29 is 4.79 Å². The summed E-state index contributed by atoms with van der Waals surface area (Å²) in [5, 5.41) is 15.0. The number of rotatable bonds is 5. The van der Waals surface area contributed by atoms with E-state index >= 15 is 0 Å². The van der Waals surface area contributed by atoms with Gasteiger partial charge in [-0.1, -0.05) is 48.4 Å². The van der Waals surface area contributed by atoms with Gasteiger partial charge in [-0.25, -0.2) is 4.68 Å². The van der Waals surface area contributed by atoms with Crippen molar-refractivity contribution in [2.75, 3.05) is 19.6 Å². The van der Waals surface area contributed by atoms with Crippen molar-refractivity contribution in [3.63, 3.8) is 0 Å². The minimum Gasteiger partial charge on any atom is -0.350 e. The largest absolute Gasteiger partial charge is 0.350 e. The van der Waals surface area contributed by atoms with Gasteiger partial charge >= 0.3 is 0 Å². The van der Waals surface area contributed by atoms with Gasteiger partial charge in [-0.15, -0.1) is 5.10 Å². The fraction of sp³-hybridized carbons (Fsp3) is 0.571. The Labute approximate surface area is 160 Å². The lowest BCUT2D eigenvalue weighted by atomic mass is 9.79. The number of nitrogens with zero attached hydrogens (tertiary/aromatic N) is 3. The Balaban J connectivity index is 1.47. The third-order valence-corrected chi connectivity index (χ3v) is 6.33. The van der Waals surface area contributed by atoms with E-state index in [0.717, 1.165) is 44.5 Å². The molecule has 0 unspecified atom stereocenters. The van der Waals surface area contributed by atoms with Crippen molar-refractivity contribution in [2.45, 2.75) is 56.9 Å². The first-order chi connectivity index (χ1) is 13.2. The summed E-state index contributed by atoms with van der Waals surface area (Å²) < 4.78 is 1.94. The molecule has 0 radical (unpaired) electrons. The quantitative estimate of drug-likeness (QED) is 0.852. The molecule has 1 aromatic carbocycles. The highest BCUT2D eigenvalue weighted by Crippen LogP contribution is 2.40. The van der Waals surface area contributed by atoms with E-state index in [1.807, 2.05) is 17.7 Å². The molecule has 1 amide bonds. The van der Waals surface area contributed by atoms with Crippen LogP contribution in [0.15, 0.2) is 30.3 Å². The number of hydrogen-bond acceptors (Lipinski definition) is 4. The third-order valence-electron chi connectivity index (χ3n) is 6.33. The highest BCUT2D eigenvalue weighted by Gasteiger charge is 2.36. The first-order valence-electron chi connectivity index (χ1n) is 10.2. The van der Waals surface area contributed by atoms with Gasteiger partial charge in [0.15, 0.2) is 5.69 Å². The molecule has 2 heterocycles. The predicted octanol–water partition coefficient (Wildman–Crippen LogP) is 2.75. The summed E-state index contributed by atoms with van der Waals surface area (Å²) >= 11 is 0. The van der Waals surface area contributed by atoms with Gasteiger partial charge in [0.1, 0.15) is 0 Å². The molecule has 1 aliphatic heterocycles. The number of hydrogen-bond donors (Lipinski definition) is 2. The van der Waals surface area contributed by atoms with E-state index in [1.165, 1.54) is 18.4 Å². The topological polar surface area (TPSA) is 71.8 Å². The number of piperidine rings is 1. The molecule has 2 N–H and O–H groups in total. The minimum absolute atomic E-state index is 0.0514. The number of carbonyl (C=O) groups is 1. The molecule has 1 saturated carbocycles. The summed E-state index contributed by atoms with van der Waals surface area (Å²) in [5.41, 5.74) is 2.72. The Morgan fingerprint density at radius 1 is 1.22 bits per heavy atom. The van der Waals surface area contributed by atoms with Crippen molar-refractivity contribution >= 4 is 5.91 Å². The van der Waals surface area contributed by atoms with Gasteiger partial charge in [-0.2, -0.15) is 0 Å². The predicted molar refractivity (Wildman–Crippen MR) is 105 cm³/mol. The second-order valence-electron chi connectivity index (χ2n) is 7.99. The molecule has 27 heavy (non-hydrogen) atoms. The van der Waals surface area contributed by atoms with Gasteiger partial charge in [-0.3, -0.25) is 4.79 Å². The van der Waals surface area contributed by atoms with E-state index in [4.69, 9.17) is 0 Å². The molecule has 2 aromatic rings. The second kappa shape index (κ2) is 7.80. The Hall–Kier alpha value is -2.21. The number of benzene rings is 1. The Morgan fingerprint density at radius 3 is 2.63 bits per heavy atom. The molecule has 6 nitrogen and oxygen atoms in total. The molecule has 2 fully saturated rings. The van der Waals surface area contributed by atoms with Crippen molar-refractivity contribution in [2.24, 2.45) is 0 Å². The average molecular weight is 367 g/mol. The summed E-state index contributed by atoms with van der Waals surface area (Å²) in [4.78, 5) is 12.9. The summed E-state index contributed by atoms with van der Waals surface area (Å²) in [5.74, 6) is -0.102. The molecule has 0 atom stereocenters. The minimum atomic E-state index is -0.102. The molecule has 4 rings (SSSR count). The number of nitrogens with one attached hydrogen (secondary N) is 2. The van der Waals surface area contributed by atoms with Crippen molar-refractivity contribution in [1.29, 1.82) is 0 Å². The van der Waals surface area contributed by atoms with Crippen LogP contribution in [0, 0.1) is 6.92 Å². The van der Waals surface area contributed by atoms with Crippen LogP contribution in [0.4, 0.5) is 0 Å². The highest BCUT2D eigenvalue weighted by atomic mass is 16.2. The summed E-state index contributed by atoms with van der Waals surface area (Å²) in [7, 11) is 0. The lowest BCUT2D eigenvalue weighted by molar-refractivity contribution is 0.0937. The monoisotopic (exact) mass is 367 g/mol. The molecular formula is C21H29N5O. The zero-order chi connectivity index (χ0) is 18.7. The van der Waals surface area contributed by atoms with Crippen LogP contribution in [0.5, 0.6) is 0 Å². The van der Waals surface area contributed by atoms with Gasteiger partial charge in [-0.05, 0) is 51.3 Å². The van der Waals surface area contributed by atoms with Crippen LogP contribution in [0.2, 0.25) is 0 Å². The fourth-order valence-electron chi connectivity index (χ4n) is 4.69. The zero-order valence-corrected chi connectivity index (χ0v) is 16.1. The molecule has 1 aliphatic carbocycles. The van der Waals surface area contributed by atoms with E-state index in [1.54, 1.807) is 0 Å². The van der Waals surface area contributed by atoms with E-state index < -0.39 is 0 Å². The molecule has 6 heteroatoms. The van der Waals surface area contributed by atoms with Crippen LogP contribution in [-0.2, 0) is 5.41 Å². The Bertz CT molecular complexity index is 773. The molecule has 144 valence electrons. The van der Waals surface area contributed by atoms with Crippen molar-refractivity contribution in [3.8, 4) is 0 Å². The van der Waals surface area contributed by atoms with Crippen molar-refractivity contribution in [3.05, 3.63) is 47.3 Å². The SMILES string of the molecule is Cc1c(C(=O)NCC2(c3ccccc3)CCCC2)nnn1C1CCNCC1.